The van der Waals surface area contributed by atoms with Gasteiger partial charge in [0.25, 0.3) is 0 Å². The first-order valence-corrected chi connectivity index (χ1v) is 15.1. The van der Waals surface area contributed by atoms with E-state index in [0.29, 0.717) is 24.3 Å². The Kier molecular flexibility index (Phi) is 10.1. The number of aliphatic hydroxyl groups excluding tert-OH is 1. The number of azide groups is 1. The van der Waals surface area contributed by atoms with E-state index in [9.17, 15) is 24.6 Å². The number of halogens is 1. The summed E-state index contributed by atoms with van der Waals surface area (Å²) in [6.45, 7) is 7.00. The molecule has 2 aliphatic heterocycles. The largest absolute Gasteiger partial charge is 0.495 e. The molecule has 45 heavy (non-hydrogen) atoms. The first-order valence-electron chi connectivity index (χ1n) is 14.7. The van der Waals surface area contributed by atoms with E-state index >= 15 is 0 Å². The minimum atomic E-state index is -1.99. The molecule has 2 fully saturated rings. The number of esters is 1. The van der Waals surface area contributed by atoms with Gasteiger partial charge in [-0.1, -0.05) is 54.4 Å². The van der Waals surface area contributed by atoms with Crippen LogP contribution in [0.3, 0.4) is 0 Å². The summed E-state index contributed by atoms with van der Waals surface area (Å²) in [5.41, 5.74) is 8.19. The van der Waals surface area contributed by atoms with Gasteiger partial charge >= 0.3 is 12.1 Å². The van der Waals surface area contributed by atoms with Crippen molar-refractivity contribution in [3.8, 4) is 5.75 Å². The molecule has 3 N–H and O–H groups in total. The van der Waals surface area contributed by atoms with Crippen LogP contribution >= 0.6 is 11.6 Å². The van der Waals surface area contributed by atoms with Crippen LogP contribution in [0.2, 0.25) is 5.02 Å². The number of amides is 2. The van der Waals surface area contributed by atoms with Gasteiger partial charge in [0.2, 0.25) is 5.91 Å². The third kappa shape index (κ3) is 7.22. The van der Waals surface area contributed by atoms with E-state index in [1.54, 1.807) is 31.3 Å². The Morgan fingerprint density at radius 2 is 2.04 bits per heavy atom. The van der Waals surface area contributed by atoms with Gasteiger partial charge in [0.05, 0.1) is 19.2 Å². The molecule has 1 saturated carbocycles. The molecule has 0 spiro atoms. The van der Waals surface area contributed by atoms with Crippen LogP contribution in [0.15, 0.2) is 41.0 Å². The average Bonchev–Trinajstić information content (AvgIpc) is 3.68. The van der Waals surface area contributed by atoms with Crippen molar-refractivity contribution in [3.63, 3.8) is 0 Å². The van der Waals surface area contributed by atoms with Crippen molar-refractivity contribution < 1.29 is 38.8 Å². The lowest BCUT2D eigenvalue weighted by molar-refractivity contribution is -0.156. The van der Waals surface area contributed by atoms with Gasteiger partial charge in [-0.05, 0) is 61.8 Å². The van der Waals surface area contributed by atoms with Crippen LogP contribution in [0, 0.1) is 17.3 Å². The Labute approximate surface area is 266 Å². The van der Waals surface area contributed by atoms with E-state index in [-0.39, 0.29) is 35.6 Å². The number of ether oxygens (including phenoxy) is 3. The number of anilines is 1. The number of carbonyl (C=O) groups excluding carboxylic acids is 3. The third-order valence-electron chi connectivity index (χ3n) is 9.26. The zero-order chi connectivity index (χ0) is 33.3. The summed E-state index contributed by atoms with van der Waals surface area (Å²) in [7, 11) is 3.05. The van der Waals surface area contributed by atoms with Crippen LogP contribution < -0.4 is 15.0 Å². The molecule has 14 heteroatoms. The second-order valence-corrected chi connectivity index (χ2v) is 12.9. The molecule has 0 radical (unpaired) electrons. The highest BCUT2D eigenvalue weighted by atomic mass is 35.5. The Balaban J connectivity index is 1.79. The fraction of sp³-hybridized carbons (Fsp3) is 0.581. The van der Waals surface area contributed by atoms with Gasteiger partial charge < -0.3 is 29.3 Å². The number of nitrogens with one attached hydrogen (secondary N) is 1. The molecule has 1 aliphatic carbocycles. The summed E-state index contributed by atoms with van der Waals surface area (Å²) in [5.74, 6) is -1.35. The molecule has 0 unspecified atom stereocenters. The number of methoxy groups -OCH3 is 1. The van der Waals surface area contributed by atoms with Crippen LogP contribution in [-0.4, -0.2) is 72.4 Å². The van der Waals surface area contributed by atoms with Gasteiger partial charge in [0.1, 0.15) is 35.1 Å². The first kappa shape index (κ1) is 34.1. The summed E-state index contributed by atoms with van der Waals surface area (Å²) < 4.78 is 16.9. The maximum atomic E-state index is 13.8. The maximum Gasteiger partial charge on any atom is 0.409 e. The minimum absolute atomic E-state index is 0.106. The number of hydrogen-bond donors (Lipinski definition) is 3. The van der Waals surface area contributed by atoms with Gasteiger partial charge in [-0.15, -0.1) is 0 Å². The average molecular weight is 646 g/mol. The van der Waals surface area contributed by atoms with E-state index in [2.05, 4.69) is 15.3 Å². The second kappa shape index (κ2) is 13.3. The normalized spacial score (nSPS) is 34.5. The highest BCUT2D eigenvalue weighted by molar-refractivity contribution is 6.35. The van der Waals surface area contributed by atoms with E-state index < -0.39 is 47.6 Å². The fourth-order valence-corrected chi connectivity index (χ4v) is 6.58. The Morgan fingerprint density at radius 3 is 2.71 bits per heavy atom. The monoisotopic (exact) mass is 645 g/mol. The molecule has 1 aromatic carbocycles. The quantitative estimate of drug-likeness (QED) is 0.184. The molecule has 4 bridgehead atoms. The molecular weight excluding hydrogens is 606 g/mol. The summed E-state index contributed by atoms with van der Waals surface area (Å²) >= 11 is 6.67. The molecular formula is C31H40ClN5O8. The molecule has 244 valence electrons. The number of allylic oxidation sites excluding steroid dienone is 3. The van der Waals surface area contributed by atoms with Crippen LogP contribution in [0.1, 0.15) is 52.5 Å². The fourth-order valence-electron chi connectivity index (χ4n) is 6.26. The number of aliphatic hydroxyl groups is 2. The molecule has 4 rings (SSSR count). The summed E-state index contributed by atoms with van der Waals surface area (Å²) in [6, 6.07) is 2.42. The number of alkyl carbamates (subject to hydrolysis) is 1. The molecule has 1 saturated heterocycles. The zero-order valence-corrected chi connectivity index (χ0v) is 26.9. The molecule has 13 nitrogen and oxygen atoms in total. The van der Waals surface area contributed by atoms with E-state index in [0.717, 1.165) is 11.1 Å². The van der Waals surface area contributed by atoms with Gasteiger partial charge in [-0.25, -0.2) is 4.79 Å². The van der Waals surface area contributed by atoms with E-state index in [1.807, 2.05) is 20.8 Å². The lowest BCUT2D eigenvalue weighted by Gasteiger charge is -2.41. The van der Waals surface area contributed by atoms with Crippen molar-refractivity contribution >= 4 is 35.3 Å². The predicted octanol–water partition coefficient (Wildman–Crippen LogP) is 4.58. The minimum Gasteiger partial charge on any atom is -0.495 e. The summed E-state index contributed by atoms with van der Waals surface area (Å²) in [6.07, 6.45) is 1.34. The number of carbonyl (C=O) groups is 3. The standard InChI is InChI=1S/C31H40ClN5O8/c1-16-8-7-9-24(38)31(42)15-23(44-29(41)34-31)17(2)20-14-30(20,4)25(45-28(40)18(3)35-36-33)13-26(39)37(5)21-11-19(10-16)12-22(43-6)27(21)32/h7-9,11-12,17-18,20,23-25,38,42H,10,13-15H2,1-6H3,(H,34,41)/b9-7+,16-8+/t17-,18+,20-,23+,24-,25+,30-,31+/m1/s1. The van der Waals surface area contributed by atoms with Crippen LogP contribution in [0.25, 0.3) is 10.4 Å². The van der Waals surface area contributed by atoms with Crippen LogP contribution in [-0.2, 0) is 25.5 Å². The number of nitrogens with zero attached hydrogens (tertiary/aromatic N) is 4. The Morgan fingerprint density at radius 1 is 1.33 bits per heavy atom. The van der Waals surface area contributed by atoms with E-state index in [4.69, 9.17) is 31.3 Å². The molecule has 2 amide bonds. The topological polar surface area (TPSA) is 183 Å². The number of fused-ring (bicyclic) bond motifs is 5. The molecule has 0 aromatic heterocycles. The Bertz CT molecular complexity index is 1460. The number of hydrogen-bond acceptors (Lipinski definition) is 9. The third-order valence-corrected chi connectivity index (χ3v) is 9.64. The summed E-state index contributed by atoms with van der Waals surface area (Å²) in [5, 5.41) is 28.3. The zero-order valence-electron chi connectivity index (χ0n) is 26.2. The number of benzene rings is 1. The first-order chi connectivity index (χ1) is 21.1. The molecule has 1 aromatic rings. The van der Waals surface area contributed by atoms with Crippen molar-refractivity contribution in [3.05, 3.63) is 57.0 Å². The lowest BCUT2D eigenvalue weighted by Crippen LogP contribution is -2.63. The van der Waals surface area contributed by atoms with Crippen molar-refractivity contribution in [1.29, 1.82) is 0 Å². The van der Waals surface area contributed by atoms with Crippen molar-refractivity contribution in [2.24, 2.45) is 22.4 Å². The van der Waals surface area contributed by atoms with Crippen molar-refractivity contribution in [2.75, 3.05) is 19.1 Å². The van der Waals surface area contributed by atoms with Crippen LogP contribution in [0.5, 0.6) is 5.75 Å². The summed E-state index contributed by atoms with van der Waals surface area (Å²) in [4.78, 5) is 43.4. The van der Waals surface area contributed by atoms with Crippen LogP contribution in [0.4, 0.5) is 10.5 Å². The van der Waals surface area contributed by atoms with E-state index in [1.165, 1.54) is 25.0 Å². The highest BCUT2D eigenvalue weighted by Gasteiger charge is 2.62. The molecule has 2 heterocycles. The van der Waals surface area contributed by atoms with Crippen molar-refractivity contribution in [2.45, 2.75) is 83.5 Å². The van der Waals surface area contributed by atoms with Crippen molar-refractivity contribution in [1.82, 2.24) is 5.32 Å². The SMILES string of the molecule is COc1cc2cc(c1Cl)N(C)C(=O)C[C@H](OC(=O)[C@H](C)N=[N+]=[N-])[C@]1(C)C[C@@H]1[C@@H](C)[C@@H]1C[C@@](O)(NC(=O)O1)[C@H](O)/C=C/C=C(\C)C2. The smallest absolute Gasteiger partial charge is 0.409 e. The second-order valence-electron chi connectivity index (χ2n) is 12.5. The van der Waals surface area contributed by atoms with Gasteiger partial charge in [0.15, 0.2) is 5.72 Å². The predicted molar refractivity (Wildman–Crippen MR) is 165 cm³/mol. The Hall–Kier alpha value is -3.77. The van der Waals surface area contributed by atoms with Gasteiger partial charge in [0, 0.05) is 23.8 Å². The molecule has 8 atom stereocenters. The highest BCUT2D eigenvalue weighted by Crippen LogP contribution is 2.61. The van der Waals surface area contributed by atoms with Gasteiger partial charge in [-0.2, -0.15) is 0 Å². The van der Waals surface area contributed by atoms with Gasteiger partial charge in [-0.3, -0.25) is 14.9 Å². The molecule has 3 aliphatic rings. The lowest BCUT2D eigenvalue weighted by atomic mass is 9.83. The maximum absolute atomic E-state index is 13.8. The number of rotatable bonds is 4.